The van der Waals surface area contributed by atoms with E-state index in [0.717, 1.165) is 0 Å². The molecule has 0 fully saturated rings. The molecular weight excluding hydrogens is 520 g/mol. The minimum atomic E-state index is 0.584. The molecule has 2 heteroatoms. The van der Waals surface area contributed by atoms with E-state index < -0.39 is 0 Å². The maximum atomic E-state index is 4.81. The van der Waals surface area contributed by atoms with Crippen LogP contribution in [0.25, 0.3) is 0 Å². The molecule has 0 amide bonds. The Hall–Kier alpha value is -0.790. The molecule has 2 atom stereocenters. The summed E-state index contributed by atoms with van der Waals surface area (Å²) in [5.74, 6) is 1.92. The summed E-state index contributed by atoms with van der Waals surface area (Å²) in [6, 6.07) is 0.586. The van der Waals surface area contributed by atoms with Crippen LogP contribution in [0.3, 0.4) is 0 Å². The first-order valence-electron chi connectivity index (χ1n) is 20.2. The van der Waals surface area contributed by atoms with E-state index in [1.807, 2.05) is 6.20 Å². The number of aromatic nitrogens is 2. The summed E-state index contributed by atoms with van der Waals surface area (Å²) < 4.78 is 2.50. The van der Waals surface area contributed by atoms with E-state index in [9.17, 15) is 0 Å². The van der Waals surface area contributed by atoms with Crippen molar-refractivity contribution in [1.82, 2.24) is 9.55 Å². The normalized spacial score (nSPS) is 13.1. The minimum absolute atomic E-state index is 0.584. The van der Waals surface area contributed by atoms with Crippen LogP contribution in [-0.2, 0) is 0 Å². The van der Waals surface area contributed by atoms with Gasteiger partial charge in [0.15, 0.2) is 0 Å². The molecule has 0 N–H and O–H groups in total. The van der Waals surface area contributed by atoms with Gasteiger partial charge in [-0.3, -0.25) is 0 Å². The van der Waals surface area contributed by atoms with Crippen LogP contribution in [0.4, 0.5) is 0 Å². The number of imidazole rings is 1. The van der Waals surface area contributed by atoms with Crippen LogP contribution in [0.15, 0.2) is 12.4 Å². The van der Waals surface area contributed by atoms with Gasteiger partial charge in [-0.05, 0) is 19.8 Å². The Kier molecular flexibility index (Phi) is 29.2. The predicted octanol–water partition coefficient (Wildman–Crippen LogP) is 15.1. The predicted molar refractivity (Wildman–Crippen MR) is 194 cm³/mol. The van der Waals surface area contributed by atoms with Crippen LogP contribution in [0.1, 0.15) is 251 Å². The lowest BCUT2D eigenvalue weighted by Crippen LogP contribution is -2.11. The van der Waals surface area contributed by atoms with E-state index in [0.29, 0.717) is 12.0 Å². The van der Waals surface area contributed by atoms with E-state index >= 15 is 0 Å². The maximum Gasteiger partial charge on any atom is 0.111 e. The molecule has 43 heavy (non-hydrogen) atoms. The van der Waals surface area contributed by atoms with E-state index in [1.165, 1.54) is 211 Å². The molecule has 0 aliphatic carbocycles. The Labute approximate surface area is 272 Å². The van der Waals surface area contributed by atoms with Crippen molar-refractivity contribution in [2.24, 2.45) is 0 Å². The van der Waals surface area contributed by atoms with Crippen LogP contribution in [0.2, 0.25) is 0 Å². The molecule has 0 aliphatic heterocycles. The SMILES string of the molecule is CCCCCCCCCCCCCCCCCCC(C)c1nccn1C(C)CCCCCCCCCCCCCCCC. The van der Waals surface area contributed by atoms with Gasteiger partial charge in [0.25, 0.3) is 0 Å². The van der Waals surface area contributed by atoms with E-state index in [-0.39, 0.29) is 0 Å². The Bertz CT molecular complexity index is 664. The number of nitrogens with zero attached hydrogens (tertiary/aromatic N) is 2. The molecule has 0 saturated carbocycles. The summed E-state index contributed by atoms with van der Waals surface area (Å²) in [5.41, 5.74) is 0. The van der Waals surface area contributed by atoms with Gasteiger partial charge in [-0.25, -0.2) is 4.98 Å². The first-order chi connectivity index (χ1) is 21.2. The van der Waals surface area contributed by atoms with Crippen LogP contribution in [0.5, 0.6) is 0 Å². The maximum absolute atomic E-state index is 4.81. The highest BCUT2D eigenvalue weighted by Gasteiger charge is 2.15. The van der Waals surface area contributed by atoms with Gasteiger partial charge >= 0.3 is 0 Å². The summed E-state index contributed by atoms with van der Waals surface area (Å²) in [6.07, 6.45) is 50.1. The molecule has 254 valence electrons. The third-order valence-corrected chi connectivity index (χ3v) is 10.1. The zero-order valence-corrected chi connectivity index (χ0v) is 30.3. The molecule has 0 bridgehead atoms. The lowest BCUT2D eigenvalue weighted by atomic mass is 9.99. The quantitative estimate of drug-likeness (QED) is 0.0719. The molecule has 2 nitrogen and oxygen atoms in total. The van der Waals surface area contributed by atoms with Gasteiger partial charge in [0, 0.05) is 24.4 Å². The van der Waals surface area contributed by atoms with Crippen LogP contribution >= 0.6 is 0 Å². The number of hydrogen-bond donors (Lipinski definition) is 0. The van der Waals surface area contributed by atoms with Gasteiger partial charge in [0.1, 0.15) is 5.82 Å². The van der Waals surface area contributed by atoms with Crippen LogP contribution < -0.4 is 0 Å². The largest absolute Gasteiger partial charge is 0.332 e. The van der Waals surface area contributed by atoms with Gasteiger partial charge in [0.05, 0.1) is 0 Å². The summed E-state index contributed by atoms with van der Waals surface area (Å²) in [6.45, 7) is 9.43. The lowest BCUT2D eigenvalue weighted by molar-refractivity contribution is 0.435. The van der Waals surface area contributed by atoms with Crippen molar-refractivity contribution in [2.75, 3.05) is 0 Å². The minimum Gasteiger partial charge on any atom is -0.332 e. The third-order valence-electron chi connectivity index (χ3n) is 10.1. The fourth-order valence-corrected chi connectivity index (χ4v) is 6.98. The zero-order chi connectivity index (χ0) is 31.1. The summed E-state index contributed by atoms with van der Waals surface area (Å²) >= 11 is 0. The molecule has 2 unspecified atom stereocenters. The second kappa shape index (κ2) is 31.2. The second-order valence-electron chi connectivity index (χ2n) is 14.4. The average molecular weight is 601 g/mol. The van der Waals surface area contributed by atoms with Crippen LogP contribution in [-0.4, -0.2) is 9.55 Å². The highest BCUT2D eigenvalue weighted by molar-refractivity contribution is 5.01. The highest BCUT2D eigenvalue weighted by Crippen LogP contribution is 2.26. The highest BCUT2D eigenvalue weighted by atomic mass is 15.1. The molecule has 1 rings (SSSR count). The molecular formula is C41H80N2. The Morgan fingerprint density at radius 2 is 0.744 bits per heavy atom. The van der Waals surface area contributed by atoms with Gasteiger partial charge < -0.3 is 4.57 Å². The second-order valence-corrected chi connectivity index (χ2v) is 14.4. The van der Waals surface area contributed by atoms with Crippen molar-refractivity contribution in [3.8, 4) is 0 Å². The zero-order valence-electron chi connectivity index (χ0n) is 30.3. The van der Waals surface area contributed by atoms with E-state index in [1.54, 1.807) is 0 Å². The Morgan fingerprint density at radius 3 is 1.09 bits per heavy atom. The number of rotatable bonds is 34. The Balaban J connectivity index is 1.96. The van der Waals surface area contributed by atoms with Crippen molar-refractivity contribution < 1.29 is 0 Å². The molecule has 1 aromatic heterocycles. The molecule has 1 aromatic rings. The molecule has 0 aliphatic rings. The van der Waals surface area contributed by atoms with Gasteiger partial charge in [-0.15, -0.1) is 0 Å². The van der Waals surface area contributed by atoms with Crippen molar-refractivity contribution in [3.05, 3.63) is 18.2 Å². The molecule has 0 aromatic carbocycles. The van der Waals surface area contributed by atoms with Gasteiger partial charge in [-0.2, -0.15) is 0 Å². The van der Waals surface area contributed by atoms with Crippen molar-refractivity contribution in [1.29, 1.82) is 0 Å². The monoisotopic (exact) mass is 601 g/mol. The molecule has 0 radical (unpaired) electrons. The fraction of sp³-hybridized carbons (Fsp3) is 0.927. The summed E-state index contributed by atoms with van der Waals surface area (Å²) in [7, 11) is 0. The van der Waals surface area contributed by atoms with Crippen molar-refractivity contribution in [2.45, 2.75) is 245 Å². The summed E-state index contributed by atoms with van der Waals surface area (Å²) in [4.78, 5) is 4.81. The summed E-state index contributed by atoms with van der Waals surface area (Å²) in [5, 5.41) is 0. The Morgan fingerprint density at radius 1 is 0.442 bits per heavy atom. The first-order valence-corrected chi connectivity index (χ1v) is 20.2. The van der Waals surface area contributed by atoms with Gasteiger partial charge in [-0.1, -0.05) is 213 Å². The topological polar surface area (TPSA) is 17.8 Å². The van der Waals surface area contributed by atoms with Crippen LogP contribution in [0, 0.1) is 0 Å². The molecule has 0 saturated heterocycles. The van der Waals surface area contributed by atoms with E-state index in [2.05, 4.69) is 38.5 Å². The fourth-order valence-electron chi connectivity index (χ4n) is 6.98. The lowest BCUT2D eigenvalue weighted by Gasteiger charge is -2.20. The first kappa shape index (κ1) is 40.2. The van der Waals surface area contributed by atoms with Gasteiger partial charge in [0.2, 0.25) is 0 Å². The average Bonchev–Trinajstić information content (AvgIpc) is 3.51. The van der Waals surface area contributed by atoms with E-state index in [4.69, 9.17) is 4.98 Å². The smallest absolute Gasteiger partial charge is 0.111 e. The molecule has 1 heterocycles. The van der Waals surface area contributed by atoms with Crippen molar-refractivity contribution >= 4 is 0 Å². The molecule has 0 spiro atoms. The standard InChI is InChI=1S/C41H80N2/c1-5-7-9-11-13-15-17-19-21-22-23-25-27-29-31-33-35-39(3)41-42-37-38-43(41)40(4)36-34-32-30-28-26-24-20-18-16-14-12-10-8-6-2/h37-40H,5-36H2,1-4H3. The third kappa shape index (κ3) is 24.2. The number of unbranched alkanes of at least 4 members (excludes halogenated alkanes) is 28. The number of hydrogen-bond acceptors (Lipinski definition) is 1. The van der Waals surface area contributed by atoms with Crippen molar-refractivity contribution in [3.63, 3.8) is 0 Å².